The Morgan fingerprint density at radius 3 is 2.61 bits per heavy atom. The van der Waals surface area contributed by atoms with E-state index in [9.17, 15) is 0 Å². The van der Waals surface area contributed by atoms with Gasteiger partial charge >= 0.3 is 0 Å². The second-order valence-corrected chi connectivity index (χ2v) is 4.65. The summed E-state index contributed by atoms with van der Waals surface area (Å²) in [5, 5.41) is 0. The molecule has 0 amide bonds. The minimum Gasteiger partial charge on any atom is -0.492 e. The molecule has 0 aliphatic carbocycles. The molecule has 0 bridgehead atoms. The van der Waals surface area contributed by atoms with Crippen LogP contribution in [0.4, 0.5) is 0 Å². The quantitative estimate of drug-likeness (QED) is 0.771. The molecular formula is C15H26N2O. The molecular weight excluding hydrogens is 224 g/mol. The van der Waals surface area contributed by atoms with Crippen LogP contribution >= 0.6 is 0 Å². The molecule has 102 valence electrons. The highest BCUT2D eigenvalue weighted by Gasteiger charge is 2.09. The smallest absolute Gasteiger partial charge is 0.119 e. The first-order valence-corrected chi connectivity index (χ1v) is 6.83. The van der Waals surface area contributed by atoms with Crippen molar-refractivity contribution >= 4 is 0 Å². The first-order chi connectivity index (χ1) is 8.71. The van der Waals surface area contributed by atoms with Crippen LogP contribution in [0.1, 0.15) is 32.3 Å². The highest BCUT2D eigenvalue weighted by atomic mass is 16.5. The topological polar surface area (TPSA) is 38.5 Å². The third kappa shape index (κ3) is 4.67. The molecule has 0 aliphatic heterocycles. The van der Waals surface area contributed by atoms with Crippen molar-refractivity contribution in [1.29, 1.82) is 0 Å². The van der Waals surface area contributed by atoms with Gasteiger partial charge < -0.3 is 15.4 Å². The highest BCUT2D eigenvalue weighted by Crippen LogP contribution is 2.13. The fourth-order valence-electron chi connectivity index (χ4n) is 2.16. The van der Waals surface area contributed by atoms with Crippen LogP contribution in [-0.2, 0) is 6.54 Å². The van der Waals surface area contributed by atoms with E-state index in [4.69, 9.17) is 10.5 Å². The molecule has 2 N–H and O–H groups in total. The zero-order chi connectivity index (χ0) is 13.4. The van der Waals surface area contributed by atoms with Crippen molar-refractivity contribution in [1.82, 2.24) is 4.90 Å². The summed E-state index contributed by atoms with van der Waals surface area (Å²) in [5.41, 5.74) is 6.72. The molecule has 0 fully saturated rings. The van der Waals surface area contributed by atoms with Gasteiger partial charge in [-0.05, 0) is 37.6 Å². The minimum atomic E-state index is 0.560. The molecule has 0 saturated carbocycles. The molecule has 0 aromatic heterocycles. The van der Waals surface area contributed by atoms with Gasteiger partial charge in [-0.15, -0.1) is 0 Å². The molecule has 1 aromatic rings. The Hall–Kier alpha value is -1.06. The van der Waals surface area contributed by atoms with E-state index in [2.05, 4.69) is 25.8 Å². The van der Waals surface area contributed by atoms with Gasteiger partial charge in [0.15, 0.2) is 0 Å². The van der Waals surface area contributed by atoms with Crippen molar-refractivity contribution in [2.75, 3.05) is 20.2 Å². The zero-order valence-electron chi connectivity index (χ0n) is 11.9. The molecule has 0 atom stereocenters. The van der Waals surface area contributed by atoms with Crippen LogP contribution in [0.3, 0.4) is 0 Å². The molecule has 0 spiro atoms. The predicted octanol–water partition coefficient (Wildman–Crippen LogP) is 2.64. The lowest BCUT2D eigenvalue weighted by molar-refractivity contribution is 0.183. The summed E-state index contributed by atoms with van der Waals surface area (Å²) in [5.74, 6) is 0.913. The number of nitrogens with two attached hydrogens (primary N) is 1. The second-order valence-electron chi connectivity index (χ2n) is 4.65. The maximum absolute atomic E-state index is 5.76. The minimum absolute atomic E-state index is 0.560. The third-order valence-corrected chi connectivity index (χ3v) is 3.41. The Labute approximate surface area is 111 Å². The Bertz CT molecular complexity index is 337. The number of rotatable bonds is 8. The van der Waals surface area contributed by atoms with E-state index in [0.29, 0.717) is 12.6 Å². The van der Waals surface area contributed by atoms with Crippen molar-refractivity contribution in [2.45, 2.75) is 39.3 Å². The van der Waals surface area contributed by atoms with Crippen LogP contribution in [0.15, 0.2) is 24.3 Å². The van der Waals surface area contributed by atoms with Crippen molar-refractivity contribution in [3.63, 3.8) is 0 Å². The van der Waals surface area contributed by atoms with E-state index in [1.54, 1.807) is 0 Å². The van der Waals surface area contributed by atoms with Crippen molar-refractivity contribution in [2.24, 2.45) is 5.73 Å². The Morgan fingerprint density at radius 2 is 2.00 bits per heavy atom. The largest absolute Gasteiger partial charge is 0.492 e. The van der Waals surface area contributed by atoms with Gasteiger partial charge in [0.25, 0.3) is 0 Å². The lowest BCUT2D eigenvalue weighted by atomic mass is 10.1. The van der Waals surface area contributed by atoms with Crippen LogP contribution in [0.2, 0.25) is 0 Å². The fraction of sp³-hybridized carbons (Fsp3) is 0.600. The molecule has 0 unspecified atom stereocenters. The maximum atomic E-state index is 5.76. The van der Waals surface area contributed by atoms with Gasteiger partial charge in [-0.2, -0.15) is 0 Å². The maximum Gasteiger partial charge on any atom is 0.119 e. The van der Waals surface area contributed by atoms with E-state index in [1.165, 1.54) is 12.8 Å². The van der Waals surface area contributed by atoms with Crippen LogP contribution in [0.5, 0.6) is 5.75 Å². The first-order valence-electron chi connectivity index (χ1n) is 6.83. The van der Waals surface area contributed by atoms with Crippen molar-refractivity contribution < 1.29 is 4.74 Å². The summed E-state index contributed by atoms with van der Waals surface area (Å²) in [6, 6.07) is 8.66. The monoisotopic (exact) mass is 250 g/mol. The second kappa shape index (κ2) is 8.11. The molecule has 0 aliphatic rings. The normalized spacial score (nSPS) is 11.2. The number of hydrogen-bond acceptors (Lipinski definition) is 3. The van der Waals surface area contributed by atoms with Crippen LogP contribution in [-0.4, -0.2) is 31.1 Å². The number of likely N-dealkylation sites (N-methyl/N-ethyl adjacent to an activating group) is 1. The molecule has 3 nitrogen and oxygen atoms in total. The van der Waals surface area contributed by atoms with E-state index in [1.807, 2.05) is 24.3 Å². The van der Waals surface area contributed by atoms with Crippen molar-refractivity contribution in [3.05, 3.63) is 29.8 Å². The van der Waals surface area contributed by atoms with E-state index in [0.717, 1.165) is 24.5 Å². The highest BCUT2D eigenvalue weighted by molar-refractivity contribution is 5.28. The Kier molecular flexibility index (Phi) is 6.76. The summed E-state index contributed by atoms with van der Waals surface area (Å²) in [6.45, 7) is 6.71. The average molecular weight is 250 g/mol. The molecule has 3 heteroatoms. The Morgan fingerprint density at radius 1 is 1.28 bits per heavy atom. The molecule has 0 saturated heterocycles. The summed E-state index contributed by atoms with van der Waals surface area (Å²) >= 11 is 0. The number of ether oxygens (including phenoxy) is 1. The first kappa shape index (κ1) is 15.0. The van der Waals surface area contributed by atoms with Crippen molar-refractivity contribution in [3.8, 4) is 5.75 Å². The zero-order valence-corrected chi connectivity index (χ0v) is 11.9. The summed E-state index contributed by atoms with van der Waals surface area (Å²) in [6.07, 6.45) is 2.38. The summed E-state index contributed by atoms with van der Waals surface area (Å²) in [4.78, 5) is 2.37. The van der Waals surface area contributed by atoms with Gasteiger partial charge in [0.05, 0.1) is 0 Å². The van der Waals surface area contributed by atoms with Gasteiger partial charge in [0, 0.05) is 19.1 Å². The van der Waals surface area contributed by atoms with Gasteiger partial charge in [-0.3, -0.25) is 0 Å². The summed E-state index contributed by atoms with van der Waals surface area (Å²) < 4.78 is 5.76. The molecule has 0 radical (unpaired) electrons. The third-order valence-electron chi connectivity index (χ3n) is 3.41. The number of hydrogen-bond donors (Lipinski definition) is 1. The number of benzene rings is 1. The SMILES string of the molecule is CCC(CC)N(C)CCOc1cccc(CN)c1. The fourth-order valence-corrected chi connectivity index (χ4v) is 2.16. The van der Waals surface area contributed by atoms with Gasteiger partial charge in [-0.1, -0.05) is 26.0 Å². The van der Waals surface area contributed by atoms with E-state index < -0.39 is 0 Å². The van der Waals surface area contributed by atoms with Gasteiger partial charge in [-0.25, -0.2) is 0 Å². The van der Waals surface area contributed by atoms with Crippen LogP contribution in [0.25, 0.3) is 0 Å². The van der Waals surface area contributed by atoms with Gasteiger partial charge in [0.1, 0.15) is 12.4 Å². The molecule has 1 rings (SSSR count). The predicted molar refractivity (Wildman–Crippen MR) is 76.8 cm³/mol. The summed E-state index contributed by atoms with van der Waals surface area (Å²) in [7, 11) is 2.16. The van der Waals surface area contributed by atoms with Crippen LogP contribution in [0, 0.1) is 0 Å². The number of nitrogens with zero attached hydrogens (tertiary/aromatic N) is 1. The average Bonchev–Trinajstić information content (AvgIpc) is 2.40. The Balaban J connectivity index is 2.36. The van der Waals surface area contributed by atoms with Crippen LogP contribution < -0.4 is 10.5 Å². The van der Waals surface area contributed by atoms with Gasteiger partial charge in [0.2, 0.25) is 0 Å². The molecule has 1 aromatic carbocycles. The van der Waals surface area contributed by atoms with E-state index >= 15 is 0 Å². The lowest BCUT2D eigenvalue weighted by Crippen LogP contribution is -2.33. The molecule has 18 heavy (non-hydrogen) atoms. The van der Waals surface area contributed by atoms with E-state index in [-0.39, 0.29) is 0 Å². The lowest BCUT2D eigenvalue weighted by Gasteiger charge is -2.25. The standard InChI is InChI=1S/C15H26N2O/c1-4-14(5-2)17(3)9-10-18-15-8-6-7-13(11-15)12-16/h6-8,11,14H,4-5,9-10,12,16H2,1-3H3. The molecule has 0 heterocycles.